The zero-order chi connectivity index (χ0) is 27.1. The van der Waals surface area contributed by atoms with E-state index in [0.717, 1.165) is 30.0 Å². The third-order valence-corrected chi connectivity index (χ3v) is 8.88. The Morgan fingerprint density at radius 3 is 2.18 bits per heavy atom. The first-order valence-electron chi connectivity index (χ1n) is 13.5. The number of aliphatic carboxylic acids is 1. The molecule has 7 rings (SSSR count). The molecule has 0 saturated heterocycles. The number of benzene rings is 3. The van der Waals surface area contributed by atoms with E-state index in [0.29, 0.717) is 29.1 Å². The lowest BCUT2D eigenvalue weighted by Gasteiger charge is -2.58. The van der Waals surface area contributed by atoms with Crippen LogP contribution in [0.5, 0.6) is 11.5 Å². The van der Waals surface area contributed by atoms with E-state index in [2.05, 4.69) is 10.1 Å². The third-order valence-electron chi connectivity index (χ3n) is 8.88. The number of alkyl halides is 2. The lowest BCUT2D eigenvalue weighted by Crippen LogP contribution is -2.59. The second-order valence-electron chi connectivity index (χ2n) is 11.5. The quantitative estimate of drug-likeness (QED) is 0.330. The number of carboxylic acid groups (broad SMARTS) is 1. The summed E-state index contributed by atoms with van der Waals surface area (Å²) in [4.78, 5) is 26.3. The van der Waals surface area contributed by atoms with Crippen molar-refractivity contribution in [2.45, 2.75) is 57.8 Å². The van der Waals surface area contributed by atoms with Crippen LogP contribution in [0.4, 0.5) is 8.78 Å². The molecule has 4 saturated carbocycles. The van der Waals surface area contributed by atoms with Crippen molar-refractivity contribution in [2.24, 2.45) is 23.2 Å². The molecule has 4 fully saturated rings. The lowest BCUT2D eigenvalue weighted by molar-refractivity contribution is -0.150. The predicted octanol–water partition coefficient (Wildman–Crippen LogP) is 6.42. The molecule has 0 unspecified atom stereocenters. The minimum absolute atomic E-state index is 0.0448. The molecule has 4 aliphatic rings. The first kappa shape index (κ1) is 25.6. The molecule has 39 heavy (non-hydrogen) atoms. The number of fused-ring (bicyclic) bond motifs is 1. The molecule has 3 aromatic rings. The molecule has 3 aromatic carbocycles. The van der Waals surface area contributed by atoms with E-state index in [4.69, 9.17) is 4.74 Å². The van der Waals surface area contributed by atoms with Crippen molar-refractivity contribution in [2.75, 3.05) is 0 Å². The minimum Gasteiger partial charge on any atom is -0.487 e. The molecule has 4 bridgehead atoms. The second-order valence-corrected chi connectivity index (χ2v) is 11.5. The third kappa shape index (κ3) is 5.04. The van der Waals surface area contributed by atoms with Gasteiger partial charge in [0.2, 0.25) is 0 Å². The van der Waals surface area contributed by atoms with Crippen molar-refractivity contribution >= 4 is 22.6 Å². The number of amides is 1. The number of nitrogens with one attached hydrogen (secondary N) is 1. The van der Waals surface area contributed by atoms with Gasteiger partial charge in [-0.25, -0.2) is 4.79 Å². The summed E-state index contributed by atoms with van der Waals surface area (Å²) in [6.07, 6.45) is 6.08. The van der Waals surface area contributed by atoms with Gasteiger partial charge in [0.25, 0.3) is 5.91 Å². The molecule has 1 amide bonds. The number of carbonyl (C=O) groups is 2. The van der Waals surface area contributed by atoms with Crippen LogP contribution in [0.15, 0.2) is 60.7 Å². The predicted molar refractivity (Wildman–Crippen MR) is 141 cm³/mol. The topological polar surface area (TPSA) is 84.9 Å². The van der Waals surface area contributed by atoms with Crippen molar-refractivity contribution < 1.29 is 33.0 Å². The molecule has 0 radical (unpaired) electrons. The number of carbonyl (C=O) groups excluding carboxylic acids is 1. The summed E-state index contributed by atoms with van der Waals surface area (Å²) in [7, 11) is 0. The summed E-state index contributed by atoms with van der Waals surface area (Å²) >= 11 is 0. The fourth-order valence-electron chi connectivity index (χ4n) is 7.72. The zero-order valence-corrected chi connectivity index (χ0v) is 21.4. The van der Waals surface area contributed by atoms with Crippen LogP contribution < -0.4 is 14.8 Å². The van der Waals surface area contributed by atoms with Crippen LogP contribution >= 0.6 is 0 Å². The van der Waals surface area contributed by atoms with Crippen molar-refractivity contribution in [3.05, 3.63) is 71.8 Å². The van der Waals surface area contributed by atoms with Crippen LogP contribution in [-0.2, 0) is 11.4 Å². The normalized spacial score (nSPS) is 26.0. The highest BCUT2D eigenvalue weighted by Crippen LogP contribution is 2.61. The number of hydrogen-bond acceptors (Lipinski definition) is 4. The van der Waals surface area contributed by atoms with Crippen molar-refractivity contribution in [3.8, 4) is 11.5 Å². The Morgan fingerprint density at radius 2 is 1.56 bits per heavy atom. The van der Waals surface area contributed by atoms with Crippen LogP contribution in [0.1, 0.15) is 54.4 Å². The van der Waals surface area contributed by atoms with E-state index in [1.165, 1.54) is 31.4 Å². The summed E-state index contributed by atoms with van der Waals surface area (Å²) in [5.41, 5.74) is 0.561. The van der Waals surface area contributed by atoms with Gasteiger partial charge in [-0.2, -0.15) is 8.78 Å². The van der Waals surface area contributed by atoms with E-state index in [1.54, 1.807) is 18.2 Å². The van der Waals surface area contributed by atoms with Gasteiger partial charge < -0.3 is 19.9 Å². The monoisotopic (exact) mass is 535 g/mol. The summed E-state index contributed by atoms with van der Waals surface area (Å²) in [6.45, 7) is -2.82. The standard InChI is InChI=1S/C31H31F2NO5/c32-30(33)39-23-8-5-18(6-9-23)17-38-26-24-4-2-1-3-22(24)7-10-25(26)28(35)34-27(29(36)37)31-14-19-11-20(15-31)13-21(12-19)16-31/h1-10,19-21,27,30H,11-17H2,(H,34,35)(H,36,37)/t19?,20?,21?,27-,31?/m1/s1. The van der Waals surface area contributed by atoms with Gasteiger partial charge in [-0.3, -0.25) is 4.79 Å². The fourth-order valence-corrected chi connectivity index (χ4v) is 7.72. The summed E-state index contributed by atoms with van der Waals surface area (Å²) in [5.74, 6) is 0.585. The van der Waals surface area contributed by atoms with E-state index < -0.39 is 29.9 Å². The van der Waals surface area contributed by atoms with E-state index >= 15 is 0 Å². The van der Waals surface area contributed by atoms with Gasteiger partial charge in [-0.05, 0) is 85.4 Å². The molecule has 0 heterocycles. The van der Waals surface area contributed by atoms with Crippen molar-refractivity contribution in [3.63, 3.8) is 0 Å². The van der Waals surface area contributed by atoms with Crippen LogP contribution in [0.25, 0.3) is 10.8 Å². The van der Waals surface area contributed by atoms with Gasteiger partial charge in [-0.15, -0.1) is 0 Å². The Hall–Kier alpha value is -3.68. The molecule has 1 atom stereocenters. The summed E-state index contributed by atoms with van der Waals surface area (Å²) in [5, 5.41) is 14.8. The van der Waals surface area contributed by atoms with Gasteiger partial charge in [0.1, 0.15) is 24.1 Å². The Balaban J connectivity index is 1.27. The van der Waals surface area contributed by atoms with Crippen LogP contribution in [0.3, 0.4) is 0 Å². The number of ether oxygens (including phenoxy) is 2. The van der Waals surface area contributed by atoms with Gasteiger partial charge >= 0.3 is 12.6 Å². The van der Waals surface area contributed by atoms with Crippen LogP contribution in [0, 0.1) is 23.2 Å². The Kier molecular flexibility index (Phi) is 6.65. The molecule has 8 heteroatoms. The van der Waals surface area contributed by atoms with Crippen LogP contribution in [-0.4, -0.2) is 29.6 Å². The second kappa shape index (κ2) is 10.1. The average molecular weight is 536 g/mol. The Morgan fingerprint density at radius 1 is 0.923 bits per heavy atom. The molecule has 0 aromatic heterocycles. The highest BCUT2D eigenvalue weighted by atomic mass is 19.3. The number of carboxylic acids is 1. The van der Waals surface area contributed by atoms with Gasteiger partial charge in [0.05, 0.1) is 5.56 Å². The highest BCUT2D eigenvalue weighted by Gasteiger charge is 2.56. The maximum absolute atomic E-state index is 13.7. The Bertz CT molecular complexity index is 1350. The molecule has 204 valence electrons. The first-order valence-corrected chi connectivity index (χ1v) is 13.5. The SMILES string of the molecule is O=C(N[C@H](C(=O)O)C12CC3CC(CC(C3)C1)C2)c1ccc2ccccc2c1OCc1ccc(OC(F)F)cc1. The zero-order valence-electron chi connectivity index (χ0n) is 21.4. The number of hydrogen-bond donors (Lipinski definition) is 2. The maximum atomic E-state index is 13.7. The van der Waals surface area contributed by atoms with Crippen LogP contribution in [0.2, 0.25) is 0 Å². The maximum Gasteiger partial charge on any atom is 0.387 e. The molecule has 0 spiro atoms. The molecular weight excluding hydrogens is 504 g/mol. The lowest BCUT2D eigenvalue weighted by atomic mass is 9.47. The first-order chi connectivity index (χ1) is 18.8. The molecular formula is C31H31F2NO5. The van der Waals surface area contributed by atoms with Crippen molar-refractivity contribution in [1.82, 2.24) is 5.32 Å². The number of halogens is 2. The molecule has 2 N–H and O–H groups in total. The highest BCUT2D eigenvalue weighted by molar-refractivity contribution is 6.05. The smallest absolute Gasteiger partial charge is 0.387 e. The van der Waals surface area contributed by atoms with E-state index in [-0.39, 0.29) is 17.9 Å². The van der Waals surface area contributed by atoms with E-state index in [9.17, 15) is 23.5 Å². The van der Waals surface area contributed by atoms with Gasteiger partial charge in [0.15, 0.2) is 0 Å². The Labute approximate surface area is 225 Å². The van der Waals surface area contributed by atoms with Crippen molar-refractivity contribution in [1.29, 1.82) is 0 Å². The largest absolute Gasteiger partial charge is 0.487 e. The van der Waals surface area contributed by atoms with Gasteiger partial charge in [-0.1, -0.05) is 42.5 Å². The fraction of sp³-hybridized carbons (Fsp3) is 0.419. The molecule has 6 nitrogen and oxygen atoms in total. The number of rotatable bonds is 9. The summed E-state index contributed by atoms with van der Waals surface area (Å²) in [6, 6.07) is 16.2. The molecule has 0 aliphatic heterocycles. The average Bonchev–Trinajstić information content (AvgIpc) is 2.89. The minimum atomic E-state index is -2.91. The van der Waals surface area contributed by atoms with Gasteiger partial charge in [0, 0.05) is 10.8 Å². The summed E-state index contributed by atoms with van der Waals surface area (Å²) < 4.78 is 35.6. The molecule has 4 aliphatic carbocycles. The van der Waals surface area contributed by atoms with E-state index in [1.807, 2.05) is 30.3 Å².